The molecule has 2 heterocycles. The Kier molecular flexibility index (Phi) is 5.30. The summed E-state index contributed by atoms with van der Waals surface area (Å²) in [7, 11) is 1.59. The number of hydrogen-bond acceptors (Lipinski definition) is 7. The van der Waals surface area contributed by atoms with Gasteiger partial charge in [-0.3, -0.25) is 4.79 Å². The molecule has 1 N–H and O–H groups in total. The molecule has 0 saturated carbocycles. The van der Waals surface area contributed by atoms with Crippen LogP contribution in [0.25, 0.3) is 10.7 Å². The molecule has 0 spiro atoms. The van der Waals surface area contributed by atoms with Crippen molar-refractivity contribution in [2.45, 2.75) is 19.6 Å². The number of rotatable bonds is 7. The zero-order valence-electron chi connectivity index (χ0n) is 13.8. The number of carbonyl (C=O) groups excluding carboxylic acids is 1. The van der Waals surface area contributed by atoms with Crippen molar-refractivity contribution in [2.24, 2.45) is 0 Å². The molecule has 0 saturated heterocycles. The summed E-state index contributed by atoms with van der Waals surface area (Å²) in [5, 5.41) is 8.55. The first kappa shape index (κ1) is 17.0. The van der Waals surface area contributed by atoms with E-state index in [1.165, 1.54) is 11.3 Å². The van der Waals surface area contributed by atoms with E-state index in [2.05, 4.69) is 15.5 Å². The van der Waals surface area contributed by atoms with Crippen molar-refractivity contribution in [3.05, 3.63) is 47.7 Å². The molecule has 1 aromatic carbocycles. The van der Waals surface area contributed by atoms with E-state index in [0.29, 0.717) is 17.5 Å². The molecule has 1 unspecified atom stereocenters. The van der Waals surface area contributed by atoms with Crippen molar-refractivity contribution in [3.8, 4) is 22.2 Å². The third kappa shape index (κ3) is 4.36. The molecule has 0 fully saturated rings. The normalized spacial score (nSPS) is 11.8. The lowest BCUT2D eigenvalue weighted by Crippen LogP contribution is -2.35. The van der Waals surface area contributed by atoms with Crippen molar-refractivity contribution in [3.63, 3.8) is 0 Å². The molecule has 130 valence electrons. The zero-order chi connectivity index (χ0) is 17.6. The van der Waals surface area contributed by atoms with Crippen molar-refractivity contribution in [2.75, 3.05) is 7.11 Å². The van der Waals surface area contributed by atoms with Gasteiger partial charge < -0.3 is 19.3 Å². The fourth-order valence-corrected chi connectivity index (χ4v) is 2.70. The lowest BCUT2D eigenvalue weighted by Gasteiger charge is -2.14. The van der Waals surface area contributed by atoms with Gasteiger partial charge in [-0.15, -0.1) is 11.3 Å². The van der Waals surface area contributed by atoms with Crippen LogP contribution in [0.1, 0.15) is 12.8 Å². The van der Waals surface area contributed by atoms with Gasteiger partial charge in [0.1, 0.15) is 11.5 Å². The Morgan fingerprint density at radius 3 is 2.72 bits per heavy atom. The number of nitrogens with one attached hydrogen (secondary N) is 1. The van der Waals surface area contributed by atoms with E-state index in [1.807, 2.05) is 17.5 Å². The predicted octanol–water partition coefficient (Wildman–Crippen LogP) is 2.89. The Bertz CT molecular complexity index is 815. The molecule has 2 aromatic heterocycles. The van der Waals surface area contributed by atoms with Gasteiger partial charge >= 0.3 is 0 Å². The highest BCUT2D eigenvalue weighted by atomic mass is 32.1. The molecule has 8 heteroatoms. The zero-order valence-corrected chi connectivity index (χ0v) is 14.6. The summed E-state index contributed by atoms with van der Waals surface area (Å²) in [5.41, 5.74) is 0. The average Bonchev–Trinajstić information content (AvgIpc) is 3.31. The van der Waals surface area contributed by atoms with Crippen LogP contribution in [0, 0.1) is 0 Å². The number of hydrogen-bond donors (Lipinski definition) is 1. The molecule has 0 aliphatic rings. The quantitative estimate of drug-likeness (QED) is 0.698. The van der Waals surface area contributed by atoms with Crippen LogP contribution >= 0.6 is 11.3 Å². The molecular formula is C17H17N3O4S. The standard InChI is InChI=1S/C17H17N3O4S/c1-11(23-13-7-5-12(22-2)6-8-13)17(21)18-10-15-19-16(20-24-15)14-4-3-9-25-14/h3-9,11H,10H2,1-2H3,(H,18,21). The number of thiophene rings is 1. The smallest absolute Gasteiger partial charge is 0.261 e. The number of nitrogens with zero attached hydrogens (tertiary/aromatic N) is 2. The van der Waals surface area contributed by atoms with Gasteiger partial charge in [-0.2, -0.15) is 4.98 Å². The van der Waals surface area contributed by atoms with E-state index in [9.17, 15) is 4.79 Å². The Hall–Kier alpha value is -2.87. The fraction of sp³-hybridized carbons (Fsp3) is 0.235. The summed E-state index contributed by atoms with van der Waals surface area (Å²) in [5.74, 6) is 1.89. The van der Waals surface area contributed by atoms with E-state index in [4.69, 9.17) is 14.0 Å². The molecule has 0 radical (unpaired) electrons. The predicted molar refractivity (Wildman–Crippen MR) is 92.5 cm³/mol. The maximum atomic E-state index is 12.1. The Morgan fingerprint density at radius 2 is 2.04 bits per heavy atom. The second-order valence-electron chi connectivity index (χ2n) is 5.14. The number of carbonyl (C=O) groups is 1. The summed E-state index contributed by atoms with van der Waals surface area (Å²) in [6.07, 6.45) is -0.659. The highest BCUT2D eigenvalue weighted by Gasteiger charge is 2.16. The second-order valence-corrected chi connectivity index (χ2v) is 6.09. The van der Waals surface area contributed by atoms with Crippen LogP contribution in [-0.4, -0.2) is 29.3 Å². The molecule has 0 aliphatic carbocycles. The van der Waals surface area contributed by atoms with Gasteiger partial charge in [0.25, 0.3) is 5.91 Å². The van der Waals surface area contributed by atoms with Crippen LogP contribution in [0.3, 0.4) is 0 Å². The summed E-state index contributed by atoms with van der Waals surface area (Å²) >= 11 is 1.52. The van der Waals surface area contributed by atoms with E-state index in [-0.39, 0.29) is 12.5 Å². The van der Waals surface area contributed by atoms with Crippen LogP contribution < -0.4 is 14.8 Å². The van der Waals surface area contributed by atoms with Crippen molar-refractivity contribution in [1.29, 1.82) is 0 Å². The van der Waals surface area contributed by atoms with Gasteiger partial charge in [0, 0.05) is 0 Å². The van der Waals surface area contributed by atoms with Crippen molar-refractivity contribution in [1.82, 2.24) is 15.5 Å². The first-order valence-electron chi connectivity index (χ1n) is 7.60. The SMILES string of the molecule is COc1ccc(OC(C)C(=O)NCc2nc(-c3cccs3)no2)cc1. The fourth-order valence-electron chi connectivity index (χ4n) is 2.05. The summed E-state index contributed by atoms with van der Waals surface area (Å²) in [4.78, 5) is 17.3. The van der Waals surface area contributed by atoms with E-state index in [1.54, 1.807) is 38.3 Å². The molecule has 1 atom stereocenters. The highest BCUT2D eigenvalue weighted by molar-refractivity contribution is 7.13. The van der Waals surface area contributed by atoms with Crippen LogP contribution in [0.4, 0.5) is 0 Å². The maximum Gasteiger partial charge on any atom is 0.261 e. The number of aromatic nitrogens is 2. The largest absolute Gasteiger partial charge is 0.497 e. The number of methoxy groups -OCH3 is 1. The van der Waals surface area contributed by atoms with Crippen molar-refractivity contribution >= 4 is 17.2 Å². The third-order valence-corrected chi connectivity index (χ3v) is 4.23. The number of benzene rings is 1. The monoisotopic (exact) mass is 359 g/mol. The number of amides is 1. The minimum atomic E-state index is -0.659. The first-order chi connectivity index (χ1) is 12.2. The van der Waals surface area contributed by atoms with E-state index in [0.717, 1.165) is 10.6 Å². The van der Waals surface area contributed by atoms with Gasteiger partial charge in [-0.1, -0.05) is 11.2 Å². The average molecular weight is 359 g/mol. The van der Waals surface area contributed by atoms with Crippen LogP contribution in [0.5, 0.6) is 11.5 Å². The third-order valence-electron chi connectivity index (χ3n) is 3.37. The molecule has 1 amide bonds. The van der Waals surface area contributed by atoms with E-state index < -0.39 is 6.10 Å². The number of ether oxygens (including phenoxy) is 2. The first-order valence-corrected chi connectivity index (χ1v) is 8.48. The Labute approximate surface area is 148 Å². The van der Waals surface area contributed by atoms with E-state index >= 15 is 0 Å². The van der Waals surface area contributed by atoms with Crippen LogP contribution in [-0.2, 0) is 11.3 Å². The maximum absolute atomic E-state index is 12.1. The highest BCUT2D eigenvalue weighted by Crippen LogP contribution is 2.21. The lowest BCUT2D eigenvalue weighted by atomic mass is 10.3. The second kappa shape index (κ2) is 7.80. The lowest BCUT2D eigenvalue weighted by molar-refractivity contribution is -0.127. The van der Waals surface area contributed by atoms with Gasteiger partial charge in [0.15, 0.2) is 6.10 Å². The summed E-state index contributed by atoms with van der Waals surface area (Å²) < 4.78 is 15.8. The molecule has 3 aromatic rings. The molecule has 0 bridgehead atoms. The molecule has 0 aliphatic heterocycles. The summed E-state index contributed by atoms with van der Waals surface area (Å²) in [6.45, 7) is 1.82. The Balaban J connectivity index is 1.51. The van der Waals surface area contributed by atoms with Crippen molar-refractivity contribution < 1.29 is 18.8 Å². The molecule has 25 heavy (non-hydrogen) atoms. The van der Waals surface area contributed by atoms with Gasteiger partial charge in [0.2, 0.25) is 11.7 Å². The molecule has 7 nitrogen and oxygen atoms in total. The van der Waals surface area contributed by atoms with Crippen LogP contribution in [0.2, 0.25) is 0 Å². The minimum Gasteiger partial charge on any atom is -0.497 e. The Morgan fingerprint density at radius 1 is 1.28 bits per heavy atom. The summed E-state index contributed by atoms with van der Waals surface area (Å²) in [6, 6.07) is 10.8. The van der Waals surface area contributed by atoms with Gasteiger partial charge in [-0.05, 0) is 42.6 Å². The van der Waals surface area contributed by atoms with Crippen LogP contribution in [0.15, 0.2) is 46.3 Å². The topological polar surface area (TPSA) is 86.5 Å². The minimum absolute atomic E-state index is 0.146. The van der Waals surface area contributed by atoms with Gasteiger partial charge in [-0.25, -0.2) is 0 Å². The van der Waals surface area contributed by atoms with Gasteiger partial charge in [0.05, 0.1) is 18.5 Å². The molecular weight excluding hydrogens is 342 g/mol. The molecule has 3 rings (SSSR count).